The number of benzene rings is 1. The molecule has 0 saturated heterocycles. The van der Waals surface area contributed by atoms with Gasteiger partial charge in [-0.05, 0) is 18.6 Å². The largest absolute Gasteiger partial charge is 0.480 e. The van der Waals surface area contributed by atoms with Crippen molar-refractivity contribution in [1.29, 1.82) is 0 Å². The van der Waals surface area contributed by atoms with E-state index in [4.69, 9.17) is 4.74 Å². The fourth-order valence-electron chi connectivity index (χ4n) is 1.58. The van der Waals surface area contributed by atoms with Gasteiger partial charge in [0.2, 0.25) is 5.88 Å². The number of Topliss-reactive ketones (excluding diaryl/α,β-unsaturated/α-hetero) is 1. The number of ketones is 1. The minimum Gasteiger partial charge on any atom is -0.480 e. The van der Waals surface area contributed by atoms with Crippen LogP contribution in [0.4, 0.5) is 0 Å². The maximum atomic E-state index is 11.3. The van der Waals surface area contributed by atoms with Gasteiger partial charge in [-0.15, -0.1) is 0 Å². The zero-order valence-electron chi connectivity index (χ0n) is 9.44. The molecule has 4 heteroatoms. The van der Waals surface area contributed by atoms with Crippen LogP contribution in [0.2, 0.25) is 0 Å². The molecule has 2 rings (SSSR count). The molecule has 1 heterocycles. The van der Waals surface area contributed by atoms with Crippen molar-refractivity contribution < 1.29 is 9.53 Å². The molecule has 0 fully saturated rings. The summed E-state index contributed by atoms with van der Waals surface area (Å²) in [5.41, 5.74) is 1.76. The summed E-state index contributed by atoms with van der Waals surface area (Å²) in [6, 6.07) is 5.74. The fraction of sp³-hybridized carbons (Fsp3) is 0.250. The van der Waals surface area contributed by atoms with E-state index in [2.05, 4.69) is 9.97 Å². The number of hydrogen-bond acceptors (Lipinski definition) is 4. The maximum absolute atomic E-state index is 11.3. The summed E-state index contributed by atoms with van der Waals surface area (Å²) < 4.78 is 5.17. The molecule has 0 atom stereocenters. The number of aromatic nitrogens is 2. The second-order valence-corrected chi connectivity index (χ2v) is 3.58. The number of methoxy groups -OCH3 is 1. The second-order valence-electron chi connectivity index (χ2n) is 3.58. The monoisotopic (exact) mass is 216 g/mol. The van der Waals surface area contributed by atoms with E-state index < -0.39 is 0 Å². The van der Waals surface area contributed by atoms with Crippen LogP contribution in [-0.2, 0) is 0 Å². The molecule has 0 N–H and O–H groups in total. The molecule has 0 radical (unpaired) electrons. The molecule has 0 bridgehead atoms. The molecule has 4 nitrogen and oxygen atoms in total. The molecule has 0 saturated carbocycles. The van der Waals surface area contributed by atoms with E-state index in [0.29, 0.717) is 5.88 Å². The highest BCUT2D eigenvalue weighted by Gasteiger charge is 2.11. The minimum absolute atomic E-state index is 0.163. The standard InChI is InChI=1S/C12H12N2O2/c1-7-5-4-6-9-10(7)13-11(8(2)15)14-12(9)16-3/h4-6H,1-3H3. The smallest absolute Gasteiger partial charge is 0.224 e. The maximum Gasteiger partial charge on any atom is 0.224 e. The van der Waals surface area contributed by atoms with E-state index in [-0.39, 0.29) is 11.6 Å². The van der Waals surface area contributed by atoms with Gasteiger partial charge in [0, 0.05) is 6.92 Å². The van der Waals surface area contributed by atoms with Crippen molar-refractivity contribution in [3.8, 4) is 5.88 Å². The van der Waals surface area contributed by atoms with E-state index in [0.717, 1.165) is 16.5 Å². The number of nitrogens with zero attached hydrogens (tertiary/aromatic N) is 2. The predicted octanol–water partition coefficient (Wildman–Crippen LogP) is 2.15. The van der Waals surface area contributed by atoms with E-state index >= 15 is 0 Å². The molecule has 1 aromatic heterocycles. The molecule has 0 aliphatic rings. The number of aryl methyl sites for hydroxylation is 1. The molecule has 16 heavy (non-hydrogen) atoms. The average molecular weight is 216 g/mol. The first-order chi connectivity index (χ1) is 7.63. The third kappa shape index (κ3) is 1.62. The molecule has 82 valence electrons. The Hall–Kier alpha value is -1.97. The lowest BCUT2D eigenvalue weighted by Gasteiger charge is -2.07. The van der Waals surface area contributed by atoms with Gasteiger partial charge in [0.15, 0.2) is 11.6 Å². The van der Waals surface area contributed by atoms with Gasteiger partial charge in [-0.25, -0.2) is 4.98 Å². The third-order valence-corrected chi connectivity index (χ3v) is 2.40. The minimum atomic E-state index is -0.163. The van der Waals surface area contributed by atoms with Gasteiger partial charge in [0.25, 0.3) is 0 Å². The molecule has 0 unspecified atom stereocenters. The first-order valence-corrected chi connectivity index (χ1v) is 4.95. The van der Waals surface area contributed by atoms with E-state index in [9.17, 15) is 4.79 Å². The number of carbonyl (C=O) groups is 1. The number of ether oxygens (including phenoxy) is 1. The van der Waals surface area contributed by atoms with Crippen molar-refractivity contribution in [2.24, 2.45) is 0 Å². The van der Waals surface area contributed by atoms with Gasteiger partial charge in [-0.1, -0.05) is 12.1 Å². The molecule has 0 aliphatic carbocycles. The van der Waals surface area contributed by atoms with Crippen LogP contribution in [0.25, 0.3) is 10.9 Å². The molecular formula is C12H12N2O2. The number of rotatable bonds is 2. The van der Waals surface area contributed by atoms with Gasteiger partial charge < -0.3 is 4.74 Å². The molecule has 1 aromatic carbocycles. The van der Waals surface area contributed by atoms with Crippen LogP contribution in [-0.4, -0.2) is 22.9 Å². The summed E-state index contributed by atoms with van der Waals surface area (Å²) in [6.07, 6.45) is 0. The van der Waals surface area contributed by atoms with Crippen molar-refractivity contribution >= 4 is 16.7 Å². The highest BCUT2D eigenvalue weighted by Crippen LogP contribution is 2.24. The zero-order chi connectivity index (χ0) is 11.7. The van der Waals surface area contributed by atoms with Crippen LogP contribution in [0.15, 0.2) is 18.2 Å². The van der Waals surface area contributed by atoms with Gasteiger partial charge in [0.05, 0.1) is 18.0 Å². The van der Waals surface area contributed by atoms with Gasteiger partial charge in [-0.3, -0.25) is 4.79 Å². The first kappa shape index (κ1) is 10.5. The van der Waals surface area contributed by atoms with Crippen molar-refractivity contribution in [1.82, 2.24) is 9.97 Å². The molecule has 2 aromatic rings. The Balaban J connectivity index is 2.84. The Morgan fingerprint density at radius 2 is 2.06 bits per heavy atom. The summed E-state index contributed by atoms with van der Waals surface area (Å²) in [5, 5.41) is 0.826. The Bertz CT molecular complexity index is 564. The SMILES string of the molecule is COc1nc(C(C)=O)nc2c(C)cccc12. The van der Waals surface area contributed by atoms with Crippen LogP contribution in [0.3, 0.4) is 0 Å². The fourth-order valence-corrected chi connectivity index (χ4v) is 1.58. The van der Waals surface area contributed by atoms with Crippen LogP contribution in [0.5, 0.6) is 5.88 Å². The van der Waals surface area contributed by atoms with Crippen LogP contribution in [0.1, 0.15) is 23.1 Å². The van der Waals surface area contributed by atoms with Crippen LogP contribution >= 0.6 is 0 Å². The summed E-state index contributed by atoms with van der Waals surface area (Å²) in [4.78, 5) is 19.6. The van der Waals surface area contributed by atoms with Gasteiger partial charge in [-0.2, -0.15) is 4.98 Å². The van der Waals surface area contributed by atoms with Crippen molar-refractivity contribution in [3.63, 3.8) is 0 Å². The van der Waals surface area contributed by atoms with Crippen LogP contribution in [0, 0.1) is 6.92 Å². The lowest BCUT2D eigenvalue weighted by atomic mass is 10.1. The summed E-state index contributed by atoms with van der Waals surface area (Å²) in [6.45, 7) is 3.39. The van der Waals surface area contributed by atoms with Gasteiger partial charge >= 0.3 is 0 Å². The highest BCUT2D eigenvalue weighted by molar-refractivity contribution is 5.94. The van der Waals surface area contributed by atoms with E-state index in [1.807, 2.05) is 25.1 Å². The number of hydrogen-bond donors (Lipinski definition) is 0. The van der Waals surface area contributed by atoms with Gasteiger partial charge in [0.1, 0.15) is 0 Å². The zero-order valence-corrected chi connectivity index (χ0v) is 9.44. The van der Waals surface area contributed by atoms with Crippen molar-refractivity contribution in [2.45, 2.75) is 13.8 Å². The Kier molecular flexibility index (Phi) is 2.56. The second kappa shape index (κ2) is 3.89. The normalized spacial score (nSPS) is 10.4. The number of carbonyl (C=O) groups excluding carboxylic acids is 1. The molecular weight excluding hydrogens is 204 g/mol. The predicted molar refractivity (Wildman–Crippen MR) is 60.8 cm³/mol. The quantitative estimate of drug-likeness (QED) is 0.722. The summed E-state index contributed by atoms with van der Waals surface area (Å²) in [7, 11) is 1.54. The number of para-hydroxylation sites is 1. The van der Waals surface area contributed by atoms with Crippen LogP contribution < -0.4 is 4.74 Å². The lowest BCUT2D eigenvalue weighted by molar-refractivity contribution is 0.100. The Morgan fingerprint density at radius 3 is 2.69 bits per heavy atom. The number of fused-ring (bicyclic) bond motifs is 1. The first-order valence-electron chi connectivity index (χ1n) is 4.95. The van der Waals surface area contributed by atoms with E-state index in [1.54, 1.807) is 0 Å². The van der Waals surface area contributed by atoms with Crippen molar-refractivity contribution in [3.05, 3.63) is 29.6 Å². The Labute approximate surface area is 93.3 Å². The highest BCUT2D eigenvalue weighted by atomic mass is 16.5. The third-order valence-electron chi connectivity index (χ3n) is 2.40. The molecule has 0 spiro atoms. The van der Waals surface area contributed by atoms with Crippen molar-refractivity contribution in [2.75, 3.05) is 7.11 Å². The Morgan fingerprint density at radius 1 is 1.31 bits per heavy atom. The average Bonchev–Trinajstić information content (AvgIpc) is 2.28. The summed E-state index contributed by atoms with van der Waals surface area (Å²) >= 11 is 0. The lowest BCUT2D eigenvalue weighted by Crippen LogP contribution is -2.04. The summed E-state index contributed by atoms with van der Waals surface area (Å²) in [5.74, 6) is 0.473. The topological polar surface area (TPSA) is 52.1 Å². The van der Waals surface area contributed by atoms with E-state index in [1.165, 1.54) is 14.0 Å². The molecule has 0 aliphatic heterocycles. The molecule has 0 amide bonds.